The van der Waals surface area contributed by atoms with Gasteiger partial charge in [-0.2, -0.15) is 0 Å². The maximum atomic E-state index is 5.94. The lowest BCUT2D eigenvalue weighted by Crippen LogP contribution is -2.38. The molecule has 1 saturated heterocycles. The van der Waals surface area contributed by atoms with Gasteiger partial charge < -0.3 is 20.1 Å². The normalized spacial score (nSPS) is 15.3. The molecule has 0 radical (unpaired) electrons. The summed E-state index contributed by atoms with van der Waals surface area (Å²) in [5, 5.41) is 7.84. The van der Waals surface area contributed by atoms with Crippen LogP contribution in [-0.2, 0) is 17.7 Å². The molecule has 3 rings (SSSR count). The van der Waals surface area contributed by atoms with Crippen molar-refractivity contribution in [2.75, 3.05) is 53.0 Å². The molecule has 1 aromatic carbocycles. The molecule has 2 heterocycles. The monoisotopic (exact) mass is 417 g/mol. The van der Waals surface area contributed by atoms with Crippen LogP contribution in [0.1, 0.15) is 15.4 Å². The Hall–Kier alpha value is -2.16. The summed E-state index contributed by atoms with van der Waals surface area (Å²) in [6.07, 6.45) is 2.81. The Balaban J connectivity index is 1.37. The summed E-state index contributed by atoms with van der Waals surface area (Å²) in [5.41, 5.74) is 1.16. The summed E-state index contributed by atoms with van der Waals surface area (Å²) >= 11 is 1.74. The molecule has 7 nitrogen and oxygen atoms in total. The lowest BCUT2D eigenvalue weighted by atomic mass is 10.2. The minimum absolute atomic E-state index is 0.691. The number of nitrogens with zero attached hydrogens (tertiary/aromatic N) is 3. The van der Waals surface area contributed by atoms with Gasteiger partial charge in [-0.25, -0.2) is 4.98 Å². The lowest BCUT2D eigenvalue weighted by molar-refractivity contribution is 0.0322. The third-order valence-electron chi connectivity index (χ3n) is 4.66. The number of benzene rings is 1. The van der Waals surface area contributed by atoms with E-state index in [2.05, 4.69) is 44.6 Å². The molecule has 0 unspecified atom stereocenters. The van der Waals surface area contributed by atoms with E-state index >= 15 is 0 Å². The van der Waals surface area contributed by atoms with E-state index in [1.54, 1.807) is 18.4 Å². The molecule has 158 valence electrons. The first-order chi connectivity index (χ1) is 14.2. The van der Waals surface area contributed by atoms with Gasteiger partial charge in [0.05, 0.1) is 18.2 Å². The molecule has 0 saturated carbocycles. The van der Waals surface area contributed by atoms with Crippen LogP contribution in [0.5, 0.6) is 5.75 Å². The highest BCUT2D eigenvalue weighted by Gasteiger charge is 2.09. The van der Waals surface area contributed by atoms with E-state index in [0.717, 1.165) is 68.1 Å². The van der Waals surface area contributed by atoms with Crippen LogP contribution in [0.3, 0.4) is 0 Å². The number of aryl methyl sites for hydroxylation is 1. The Morgan fingerprint density at radius 3 is 2.93 bits per heavy atom. The predicted octanol–water partition coefficient (Wildman–Crippen LogP) is 2.07. The van der Waals surface area contributed by atoms with Gasteiger partial charge in [-0.05, 0) is 24.6 Å². The Labute approximate surface area is 177 Å². The van der Waals surface area contributed by atoms with Crippen molar-refractivity contribution in [2.24, 2.45) is 4.99 Å². The van der Waals surface area contributed by atoms with Crippen LogP contribution in [0.4, 0.5) is 0 Å². The molecule has 1 fully saturated rings. The van der Waals surface area contributed by atoms with E-state index in [0.29, 0.717) is 13.2 Å². The van der Waals surface area contributed by atoms with E-state index < -0.39 is 0 Å². The van der Waals surface area contributed by atoms with Gasteiger partial charge in [-0.1, -0.05) is 12.1 Å². The number of ether oxygens (including phenoxy) is 2. The molecule has 0 amide bonds. The number of aromatic nitrogens is 1. The quantitative estimate of drug-likeness (QED) is 0.481. The molecule has 8 heteroatoms. The van der Waals surface area contributed by atoms with Gasteiger partial charge in [0.25, 0.3) is 0 Å². The van der Waals surface area contributed by atoms with E-state index in [-0.39, 0.29) is 0 Å². The fourth-order valence-electron chi connectivity index (χ4n) is 3.07. The Morgan fingerprint density at radius 2 is 2.17 bits per heavy atom. The second-order valence-corrected chi connectivity index (χ2v) is 8.24. The number of guanidine groups is 1. The molecule has 1 aliphatic heterocycles. The summed E-state index contributed by atoms with van der Waals surface area (Å²) in [6, 6.07) is 8.21. The van der Waals surface area contributed by atoms with Crippen LogP contribution in [-0.4, -0.2) is 68.9 Å². The maximum Gasteiger partial charge on any atom is 0.191 e. The van der Waals surface area contributed by atoms with Crippen molar-refractivity contribution in [1.29, 1.82) is 0 Å². The third-order valence-corrected chi connectivity index (χ3v) is 5.63. The molecule has 0 aliphatic carbocycles. The van der Waals surface area contributed by atoms with Crippen molar-refractivity contribution < 1.29 is 9.47 Å². The molecular weight excluding hydrogens is 386 g/mol. The number of hydrogen-bond donors (Lipinski definition) is 2. The Morgan fingerprint density at radius 1 is 1.31 bits per heavy atom. The molecule has 2 N–H and O–H groups in total. The zero-order chi connectivity index (χ0) is 20.3. The van der Waals surface area contributed by atoms with Crippen LogP contribution in [0, 0.1) is 6.92 Å². The van der Waals surface area contributed by atoms with Crippen LogP contribution >= 0.6 is 11.3 Å². The highest BCUT2D eigenvalue weighted by Crippen LogP contribution is 2.13. The maximum absolute atomic E-state index is 5.94. The van der Waals surface area contributed by atoms with Gasteiger partial charge in [0.2, 0.25) is 0 Å². The van der Waals surface area contributed by atoms with E-state index in [9.17, 15) is 0 Å². The van der Waals surface area contributed by atoms with Crippen LogP contribution < -0.4 is 15.4 Å². The van der Waals surface area contributed by atoms with Crippen molar-refractivity contribution in [2.45, 2.75) is 19.9 Å². The Bertz CT molecular complexity index is 774. The average molecular weight is 418 g/mol. The van der Waals surface area contributed by atoms with Crippen molar-refractivity contribution in [3.05, 3.63) is 45.9 Å². The fourth-order valence-corrected chi connectivity index (χ4v) is 3.86. The van der Waals surface area contributed by atoms with Gasteiger partial charge in [-0.15, -0.1) is 11.3 Å². The number of aliphatic imine (C=N–C) groups is 1. The first kappa shape index (κ1) is 21.5. The van der Waals surface area contributed by atoms with E-state index in [1.165, 1.54) is 4.88 Å². The van der Waals surface area contributed by atoms with Gasteiger partial charge >= 0.3 is 0 Å². The van der Waals surface area contributed by atoms with Gasteiger partial charge in [0.1, 0.15) is 12.4 Å². The first-order valence-corrected chi connectivity index (χ1v) is 10.9. The summed E-state index contributed by atoms with van der Waals surface area (Å²) in [4.78, 5) is 12.3. The average Bonchev–Trinajstić information content (AvgIpc) is 3.16. The summed E-state index contributed by atoms with van der Waals surface area (Å²) in [5.74, 6) is 1.69. The fraction of sp³-hybridized carbons (Fsp3) is 0.524. The van der Waals surface area contributed by atoms with Gasteiger partial charge in [0, 0.05) is 57.3 Å². The van der Waals surface area contributed by atoms with E-state index in [4.69, 9.17) is 9.47 Å². The zero-order valence-corrected chi connectivity index (χ0v) is 18.1. The molecule has 0 spiro atoms. The lowest BCUT2D eigenvalue weighted by Gasteiger charge is -2.26. The highest BCUT2D eigenvalue weighted by molar-refractivity contribution is 7.11. The number of thiazole rings is 1. The zero-order valence-electron chi connectivity index (χ0n) is 17.3. The molecular formula is C21H31N5O2S. The number of hydrogen-bond acceptors (Lipinski definition) is 6. The largest absolute Gasteiger partial charge is 0.492 e. The highest BCUT2D eigenvalue weighted by atomic mass is 32.1. The third kappa shape index (κ3) is 7.64. The minimum atomic E-state index is 0.691. The van der Waals surface area contributed by atoms with Crippen molar-refractivity contribution in [3.63, 3.8) is 0 Å². The van der Waals surface area contributed by atoms with E-state index in [1.807, 2.05) is 18.3 Å². The van der Waals surface area contributed by atoms with Crippen molar-refractivity contribution in [1.82, 2.24) is 20.5 Å². The predicted molar refractivity (Wildman–Crippen MR) is 118 cm³/mol. The Kier molecular flexibility index (Phi) is 8.73. The number of rotatable bonds is 9. The summed E-state index contributed by atoms with van der Waals surface area (Å²) in [7, 11) is 1.79. The molecule has 0 bridgehead atoms. The van der Waals surface area contributed by atoms with Crippen LogP contribution in [0.25, 0.3) is 0 Å². The SMILES string of the molecule is CN=C(NCCc1ncc(C)s1)NCc1cccc(OCCN2CCOCC2)c1. The summed E-state index contributed by atoms with van der Waals surface area (Å²) in [6.45, 7) is 8.81. The van der Waals surface area contributed by atoms with Gasteiger partial charge in [0.15, 0.2) is 5.96 Å². The first-order valence-electron chi connectivity index (χ1n) is 10.1. The second kappa shape index (κ2) is 11.7. The van der Waals surface area contributed by atoms with Crippen molar-refractivity contribution in [3.8, 4) is 5.75 Å². The topological polar surface area (TPSA) is 71.0 Å². The molecule has 0 atom stereocenters. The molecule has 2 aromatic rings. The smallest absolute Gasteiger partial charge is 0.191 e. The summed E-state index contributed by atoms with van der Waals surface area (Å²) < 4.78 is 11.3. The molecule has 29 heavy (non-hydrogen) atoms. The molecule has 1 aliphatic rings. The number of morpholine rings is 1. The minimum Gasteiger partial charge on any atom is -0.492 e. The second-order valence-electron chi connectivity index (χ2n) is 6.92. The standard InChI is InChI=1S/C21H31N5O2S/c1-17-15-24-20(29-17)6-7-23-21(22-2)25-16-18-4-3-5-19(14-18)28-13-10-26-8-11-27-12-9-26/h3-5,14-15H,6-13,16H2,1-2H3,(H2,22,23,25). The van der Waals surface area contributed by atoms with Gasteiger partial charge in [-0.3, -0.25) is 9.89 Å². The van der Waals surface area contributed by atoms with Crippen LogP contribution in [0.2, 0.25) is 0 Å². The van der Waals surface area contributed by atoms with Crippen molar-refractivity contribution >= 4 is 17.3 Å². The number of nitrogens with one attached hydrogen (secondary N) is 2. The molecule has 1 aromatic heterocycles. The van der Waals surface area contributed by atoms with Crippen LogP contribution in [0.15, 0.2) is 35.5 Å².